The highest BCUT2D eigenvalue weighted by Crippen LogP contribution is 2.40. The molecule has 0 aliphatic carbocycles. The summed E-state index contributed by atoms with van der Waals surface area (Å²) in [5, 5.41) is 11.8. The molecule has 8 heteroatoms. The van der Waals surface area contributed by atoms with Crippen molar-refractivity contribution in [3.63, 3.8) is 0 Å². The Hall–Kier alpha value is -3.39. The highest BCUT2D eigenvalue weighted by molar-refractivity contribution is 5.98. The molecule has 7 nitrogen and oxygen atoms in total. The zero-order chi connectivity index (χ0) is 22.1. The third-order valence-electron chi connectivity index (χ3n) is 6.28. The zero-order valence-corrected chi connectivity index (χ0v) is 18.0. The van der Waals surface area contributed by atoms with Crippen molar-refractivity contribution in [1.82, 2.24) is 20.5 Å². The number of nitrogens with one attached hydrogen (secondary N) is 2. The van der Waals surface area contributed by atoms with Crippen LogP contribution < -0.4 is 15.8 Å². The standard InChI is InChI=1S/C24H26FN5O2/c1-14-15(3-2-4-20(14)25)7-10-31-23-22-18(11-28-24(23)26)19(13-32-22)17-12-29-30-21(17)16-5-8-27-9-6-16/h2-4,11-13,16,27H,5-10H2,1H3,(H2,26,28)(H,29,30). The van der Waals surface area contributed by atoms with Gasteiger partial charge < -0.3 is 20.2 Å². The molecule has 1 saturated heterocycles. The number of halogens is 1. The number of hydrogen-bond acceptors (Lipinski definition) is 6. The Morgan fingerprint density at radius 2 is 2.09 bits per heavy atom. The van der Waals surface area contributed by atoms with Gasteiger partial charge >= 0.3 is 0 Å². The molecule has 4 heterocycles. The van der Waals surface area contributed by atoms with Crippen molar-refractivity contribution in [3.05, 3.63) is 59.5 Å². The number of piperidine rings is 1. The molecule has 166 valence electrons. The predicted octanol–water partition coefficient (Wildman–Crippen LogP) is 4.34. The highest BCUT2D eigenvalue weighted by Gasteiger charge is 2.24. The molecule has 0 saturated carbocycles. The first-order valence-corrected chi connectivity index (χ1v) is 10.9. The lowest BCUT2D eigenvalue weighted by molar-refractivity contribution is 0.321. The van der Waals surface area contributed by atoms with Crippen LogP contribution >= 0.6 is 0 Å². The monoisotopic (exact) mass is 435 g/mol. The lowest BCUT2D eigenvalue weighted by Gasteiger charge is -2.21. The van der Waals surface area contributed by atoms with E-state index in [-0.39, 0.29) is 11.6 Å². The van der Waals surface area contributed by atoms with Crippen molar-refractivity contribution in [2.24, 2.45) is 0 Å². The molecule has 4 aromatic rings. The first-order chi connectivity index (χ1) is 15.6. The van der Waals surface area contributed by atoms with E-state index < -0.39 is 0 Å². The van der Waals surface area contributed by atoms with E-state index in [1.54, 1.807) is 25.5 Å². The van der Waals surface area contributed by atoms with Crippen molar-refractivity contribution in [2.75, 3.05) is 25.4 Å². The number of ether oxygens (including phenoxy) is 1. The topological polar surface area (TPSA) is 102 Å². The maximum Gasteiger partial charge on any atom is 0.205 e. The van der Waals surface area contributed by atoms with Crippen LogP contribution in [-0.4, -0.2) is 34.9 Å². The minimum atomic E-state index is -0.217. The van der Waals surface area contributed by atoms with Gasteiger partial charge in [0, 0.05) is 35.9 Å². The van der Waals surface area contributed by atoms with Gasteiger partial charge in [0.2, 0.25) is 5.75 Å². The van der Waals surface area contributed by atoms with Gasteiger partial charge in [0.05, 0.1) is 17.7 Å². The largest absolute Gasteiger partial charge is 0.486 e. The summed E-state index contributed by atoms with van der Waals surface area (Å²) in [6, 6.07) is 5.06. The van der Waals surface area contributed by atoms with Crippen LogP contribution in [0, 0.1) is 12.7 Å². The molecule has 0 amide bonds. The van der Waals surface area contributed by atoms with Gasteiger partial charge in [-0.15, -0.1) is 0 Å². The quantitative estimate of drug-likeness (QED) is 0.417. The van der Waals surface area contributed by atoms with Crippen LogP contribution in [0.25, 0.3) is 22.1 Å². The maximum absolute atomic E-state index is 13.8. The SMILES string of the molecule is Cc1c(F)cccc1CCOc1c(N)ncc2c(-c3c[nH]nc3C3CCNCC3)coc12. The van der Waals surface area contributed by atoms with Crippen molar-refractivity contribution < 1.29 is 13.5 Å². The van der Waals surface area contributed by atoms with Crippen LogP contribution in [0.4, 0.5) is 10.2 Å². The fourth-order valence-electron chi connectivity index (χ4n) is 4.44. The minimum absolute atomic E-state index is 0.217. The third kappa shape index (κ3) is 3.71. The van der Waals surface area contributed by atoms with E-state index in [0.717, 1.165) is 53.7 Å². The number of aromatic amines is 1. The van der Waals surface area contributed by atoms with E-state index >= 15 is 0 Å². The van der Waals surface area contributed by atoms with E-state index in [9.17, 15) is 4.39 Å². The molecule has 4 N–H and O–H groups in total. The van der Waals surface area contributed by atoms with Gasteiger partial charge in [0.25, 0.3) is 0 Å². The molecule has 0 atom stereocenters. The number of rotatable bonds is 6. The number of aromatic nitrogens is 3. The normalized spacial score (nSPS) is 14.8. The van der Waals surface area contributed by atoms with E-state index in [2.05, 4.69) is 20.5 Å². The van der Waals surface area contributed by atoms with Crippen LogP contribution in [0.15, 0.2) is 41.3 Å². The average molecular weight is 436 g/mol. The predicted molar refractivity (Wildman–Crippen MR) is 121 cm³/mol. The molecular weight excluding hydrogens is 409 g/mol. The van der Waals surface area contributed by atoms with Gasteiger partial charge in [-0.05, 0) is 50.0 Å². The lowest BCUT2D eigenvalue weighted by atomic mass is 9.90. The third-order valence-corrected chi connectivity index (χ3v) is 6.28. The van der Waals surface area contributed by atoms with Crippen molar-refractivity contribution in [3.8, 4) is 16.9 Å². The number of fused-ring (bicyclic) bond motifs is 1. The van der Waals surface area contributed by atoms with Gasteiger partial charge in [0.15, 0.2) is 11.4 Å². The summed E-state index contributed by atoms with van der Waals surface area (Å²) < 4.78 is 25.7. The van der Waals surface area contributed by atoms with Crippen LogP contribution in [-0.2, 0) is 6.42 Å². The second-order valence-corrected chi connectivity index (χ2v) is 8.20. The first kappa shape index (κ1) is 20.5. The smallest absolute Gasteiger partial charge is 0.205 e. The summed E-state index contributed by atoms with van der Waals surface area (Å²) in [4.78, 5) is 4.34. The van der Waals surface area contributed by atoms with E-state index in [1.807, 2.05) is 12.3 Å². The number of anilines is 1. The van der Waals surface area contributed by atoms with Gasteiger partial charge in [0.1, 0.15) is 12.1 Å². The fraction of sp³-hybridized carbons (Fsp3) is 0.333. The molecule has 1 aliphatic heterocycles. The molecule has 0 spiro atoms. The van der Waals surface area contributed by atoms with Crippen LogP contribution in [0.5, 0.6) is 5.75 Å². The Kier molecular flexibility index (Phi) is 5.53. The zero-order valence-electron chi connectivity index (χ0n) is 18.0. The summed E-state index contributed by atoms with van der Waals surface area (Å²) in [6.07, 6.45) is 7.98. The Labute approximate surface area is 185 Å². The summed E-state index contributed by atoms with van der Waals surface area (Å²) in [7, 11) is 0. The van der Waals surface area contributed by atoms with Crippen LogP contribution in [0.2, 0.25) is 0 Å². The van der Waals surface area contributed by atoms with Gasteiger partial charge in [-0.3, -0.25) is 5.10 Å². The van der Waals surface area contributed by atoms with Gasteiger partial charge in [-0.25, -0.2) is 9.37 Å². The van der Waals surface area contributed by atoms with E-state index in [0.29, 0.717) is 35.8 Å². The number of nitrogen functional groups attached to an aromatic ring is 1. The molecule has 1 aromatic carbocycles. The molecule has 5 rings (SSSR count). The summed E-state index contributed by atoms with van der Waals surface area (Å²) in [5.41, 5.74) is 11.2. The molecule has 0 bridgehead atoms. The first-order valence-electron chi connectivity index (χ1n) is 10.9. The van der Waals surface area contributed by atoms with E-state index in [1.165, 1.54) is 6.07 Å². The number of furan rings is 1. The Bertz CT molecular complexity index is 1240. The molecule has 0 unspecified atom stereocenters. The average Bonchev–Trinajstić information content (AvgIpc) is 3.45. The number of H-pyrrole nitrogens is 1. The second-order valence-electron chi connectivity index (χ2n) is 8.20. The Balaban J connectivity index is 1.42. The maximum atomic E-state index is 13.8. The summed E-state index contributed by atoms with van der Waals surface area (Å²) >= 11 is 0. The van der Waals surface area contributed by atoms with Crippen molar-refractivity contribution in [2.45, 2.75) is 32.1 Å². The van der Waals surface area contributed by atoms with Crippen molar-refractivity contribution >= 4 is 16.8 Å². The molecule has 0 radical (unpaired) electrons. The molecule has 3 aromatic heterocycles. The number of nitrogens with zero attached hydrogens (tertiary/aromatic N) is 2. The lowest BCUT2D eigenvalue weighted by Crippen LogP contribution is -2.27. The Morgan fingerprint density at radius 1 is 1.25 bits per heavy atom. The molecule has 1 aliphatic rings. The second kappa shape index (κ2) is 8.63. The van der Waals surface area contributed by atoms with E-state index in [4.69, 9.17) is 14.9 Å². The minimum Gasteiger partial charge on any atom is -0.486 e. The number of nitrogens with two attached hydrogens (primary N) is 1. The summed E-state index contributed by atoms with van der Waals surface area (Å²) in [6.45, 7) is 4.08. The fourth-order valence-corrected chi connectivity index (χ4v) is 4.44. The molecule has 32 heavy (non-hydrogen) atoms. The highest BCUT2D eigenvalue weighted by atomic mass is 19.1. The number of benzene rings is 1. The van der Waals surface area contributed by atoms with Crippen LogP contribution in [0.1, 0.15) is 35.6 Å². The van der Waals surface area contributed by atoms with Crippen molar-refractivity contribution in [1.29, 1.82) is 0 Å². The van der Waals surface area contributed by atoms with Crippen LogP contribution in [0.3, 0.4) is 0 Å². The summed E-state index contributed by atoms with van der Waals surface area (Å²) in [5.74, 6) is 0.857. The molecular formula is C24H26FN5O2. The van der Waals surface area contributed by atoms with Gasteiger partial charge in [-0.2, -0.15) is 5.10 Å². The van der Waals surface area contributed by atoms with Gasteiger partial charge in [-0.1, -0.05) is 12.1 Å². The molecule has 1 fully saturated rings. The number of hydrogen-bond donors (Lipinski definition) is 3. The Morgan fingerprint density at radius 3 is 2.94 bits per heavy atom. The number of pyridine rings is 1.